The number of methoxy groups -OCH3 is 1. The van der Waals surface area contributed by atoms with Gasteiger partial charge in [-0.05, 0) is 74.1 Å². The van der Waals surface area contributed by atoms with Crippen molar-refractivity contribution in [3.8, 4) is 17.2 Å². The lowest BCUT2D eigenvalue weighted by Crippen LogP contribution is -2.29. The second kappa shape index (κ2) is 11.0. The van der Waals surface area contributed by atoms with Crippen LogP contribution in [0.5, 0.6) is 17.2 Å². The molecule has 2 aromatic rings. The Morgan fingerprint density at radius 3 is 2.19 bits per heavy atom. The molecule has 0 saturated heterocycles. The summed E-state index contributed by atoms with van der Waals surface area (Å²) in [6, 6.07) is 15.0. The minimum absolute atomic E-state index is 0.223. The maximum Gasteiger partial charge on any atom is 0.305 e. The Morgan fingerprint density at radius 2 is 1.59 bits per heavy atom. The Balaban J connectivity index is 1.77. The number of hydrogen-bond acceptors (Lipinski definition) is 5. The number of esters is 1. The molecule has 2 rings (SSSR count). The fraction of sp³-hybridized carbons (Fsp3) is 0.300. The van der Waals surface area contributed by atoms with Crippen molar-refractivity contribution in [2.75, 3.05) is 25.6 Å². The summed E-state index contributed by atoms with van der Waals surface area (Å²) < 4.78 is 15.8. The van der Waals surface area contributed by atoms with Gasteiger partial charge in [-0.1, -0.05) is 0 Å². The van der Waals surface area contributed by atoms with Crippen molar-refractivity contribution in [3.63, 3.8) is 0 Å². The summed E-state index contributed by atoms with van der Waals surface area (Å²) >= 11 is 5.23. The van der Waals surface area contributed by atoms with Gasteiger partial charge in [0.1, 0.15) is 17.2 Å². The number of anilines is 1. The highest BCUT2D eigenvalue weighted by Crippen LogP contribution is 2.25. The highest BCUT2D eigenvalue weighted by atomic mass is 32.1. The molecule has 27 heavy (non-hydrogen) atoms. The van der Waals surface area contributed by atoms with Crippen LogP contribution in [0, 0.1) is 0 Å². The smallest absolute Gasteiger partial charge is 0.305 e. The maximum absolute atomic E-state index is 11.0. The zero-order valence-corrected chi connectivity index (χ0v) is 16.3. The van der Waals surface area contributed by atoms with Crippen LogP contribution in [0.15, 0.2) is 48.5 Å². The lowest BCUT2D eigenvalue weighted by molar-refractivity contribution is -0.140. The number of thiocarbonyl (C=S) groups is 1. The number of rotatable bonds is 9. The first-order chi connectivity index (χ1) is 13.1. The van der Waals surface area contributed by atoms with E-state index in [9.17, 15) is 4.79 Å². The van der Waals surface area contributed by atoms with Gasteiger partial charge in [0.15, 0.2) is 5.11 Å². The molecule has 0 aliphatic heterocycles. The van der Waals surface area contributed by atoms with Crippen LogP contribution in [0.2, 0.25) is 0 Å². The predicted octanol–water partition coefficient (Wildman–Crippen LogP) is 4.12. The fourth-order valence-electron chi connectivity index (χ4n) is 2.22. The van der Waals surface area contributed by atoms with Gasteiger partial charge in [-0.3, -0.25) is 4.79 Å². The van der Waals surface area contributed by atoms with E-state index in [1.165, 1.54) is 7.11 Å². The summed E-state index contributed by atoms with van der Waals surface area (Å²) in [5.41, 5.74) is 0.847. The Labute approximate surface area is 164 Å². The largest absolute Gasteiger partial charge is 0.494 e. The zero-order valence-electron chi connectivity index (χ0n) is 15.5. The van der Waals surface area contributed by atoms with E-state index in [1.54, 1.807) is 0 Å². The Hall–Kier alpha value is -2.80. The van der Waals surface area contributed by atoms with Gasteiger partial charge in [-0.15, -0.1) is 0 Å². The van der Waals surface area contributed by atoms with Crippen LogP contribution in [0.3, 0.4) is 0 Å². The topological polar surface area (TPSA) is 68.8 Å². The highest BCUT2D eigenvalue weighted by molar-refractivity contribution is 7.80. The van der Waals surface area contributed by atoms with Crippen molar-refractivity contribution < 1.29 is 19.0 Å². The van der Waals surface area contributed by atoms with E-state index in [0.717, 1.165) is 22.9 Å². The molecular weight excluding hydrogens is 364 g/mol. The second-order valence-corrected chi connectivity index (χ2v) is 6.00. The average Bonchev–Trinajstić information content (AvgIpc) is 2.68. The number of nitrogens with one attached hydrogen (secondary N) is 2. The standard InChI is InChI=1S/C20H24N2O4S/c1-3-25-16-10-12-18(13-11-16)26-17-8-6-15(7-9-17)22-20(27)21-14-4-5-19(23)24-2/h6-13H,3-5,14H2,1-2H3,(H2,21,22,27). The maximum atomic E-state index is 11.0. The summed E-state index contributed by atoms with van der Waals surface area (Å²) in [4.78, 5) is 11.0. The molecule has 0 heterocycles. The molecule has 0 aliphatic carbocycles. The first-order valence-corrected chi connectivity index (χ1v) is 9.14. The molecule has 0 fully saturated rings. The highest BCUT2D eigenvalue weighted by Gasteiger charge is 2.02. The van der Waals surface area contributed by atoms with Crippen LogP contribution in [-0.4, -0.2) is 31.3 Å². The minimum atomic E-state index is -0.223. The summed E-state index contributed by atoms with van der Waals surface area (Å²) in [6.07, 6.45) is 1.02. The van der Waals surface area contributed by atoms with Gasteiger partial charge < -0.3 is 24.8 Å². The van der Waals surface area contributed by atoms with Crippen LogP contribution in [0.4, 0.5) is 5.69 Å². The van der Waals surface area contributed by atoms with Crippen molar-refractivity contribution in [3.05, 3.63) is 48.5 Å². The van der Waals surface area contributed by atoms with E-state index in [1.807, 2.05) is 55.5 Å². The molecule has 6 nitrogen and oxygen atoms in total. The van der Waals surface area contributed by atoms with Crippen molar-refractivity contribution >= 4 is 29.0 Å². The third-order valence-corrected chi connectivity index (χ3v) is 3.80. The van der Waals surface area contributed by atoms with Crippen LogP contribution in [0.1, 0.15) is 19.8 Å². The molecule has 0 aromatic heterocycles. The molecule has 0 spiro atoms. The minimum Gasteiger partial charge on any atom is -0.494 e. The first kappa shape index (κ1) is 20.5. The molecule has 0 amide bonds. The summed E-state index contributed by atoms with van der Waals surface area (Å²) in [6.45, 7) is 3.18. The lowest BCUT2D eigenvalue weighted by Gasteiger charge is -2.11. The van der Waals surface area contributed by atoms with Gasteiger partial charge in [0.05, 0.1) is 13.7 Å². The average molecular weight is 388 g/mol. The van der Waals surface area contributed by atoms with E-state index in [-0.39, 0.29) is 5.97 Å². The van der Waals surface area contributed by atoms with Gasteiger partial charge in [0, 0.05) is 18.7 Å². The van der Waals surface area contributed by atoms with Crippen LogP contribution in [0.25, 0.3) is 0 Å². The molecule has 0 aliphatic rings. The SMILES string of the molecule is CCOc1ccc(Oc2ccc(NC(=S)NCCCC(=O)OC)cc2)cc1. The summed E-state index contributed by atoms with van der Waals surface area (Å²) in [5, 5.41) is 6.64. The molecule has 2 N–H and O–H groups in total. The van der Waals surface area contributed by atoms with Crippen molar-refractivity contribution in [1.29, 1.82) is 0 Å². The lowest BCUT2D eigenvalue weighted by atomic mass is 10.3. The molecule has 144 valence electrons. The first-order valence-electron chi connectivity index (χ1n) is 8.73. The van der Waals surface area contributed by atoms with E-state index < -0.39 is 0 Å². The molecule has 0 radical (unpaired) electrons. The number of ether oxygens (including phenoxy) is 3. The zero-order chi connectivity index (χ0) is 19.5. The fourth-order valence-corrected chi connectivity index (χ4v) is 2.44. The van der Waals surface area contributed by atoms with E-state index in [2.05, 4.69) is 15.4 Å². The van der Waals surface area contributed by atoms with Gasteiger partial charge in [0.25, 0.3) is 0 Å². The van der Waals surface area contributed by atoms with Crippen LogP contribution in [-0.2, 0) is 9.53 Å². The molecule has 2 aromatic carbocycles. The summed E-state index contributed by atoms with van der Waals surface area (Å²) in [7, 11) is 1.38. The monoisotopic (exact) mass is 388 g/mol. The van der Waals surface area contributed by atoms with E-state index >= 15 is 0 Å². The summed E-state index contributed by atoms with van der Waals surface area (Å²) in [5.74, 6) is 2.06. The number of carbonyl (C=O) groups is 1. The van der Waals surface area contributed by atoms with Crippen molar-refractivity contribution in [2.24, 2.45) is 0 Å². The third kappa shape index (κ3) is 7.53. The van der Waals surface area contributed by atoms with E-state index in [4.69, 9.17) is 21.7 Å². The number of benzene rings is 2. The van der Waals surface area contributed by atoms with Crippen LogP contribution < -0.4 is 20.1 Å². The Bertz CT molecular complexity index is 733. The third-order valence-electron chi connectivity index (χ3n) is 3.55. The van der Waals surface area contributed by atoms with Crippen molar-refractivity contribution in [1.82, 2.24) is 5.32 Å². The normalized spacial score (nSPS) is 10.0. The predicted molar refractivity (Wildman–Crippen MR) is 110 cm³/mol. The van der Waals surface area contributed by atoms with E-state index in [0.29, 0.717) is 31.1 Å². The molecule has 0 unspecified atom stereocenters. The van der Waals surface area contributed by atoms with Crippen molar-refractivity contribution in [2.45, 2.75) is 19.8 Å². The molecule has 0 bridgehead atoms. The molecule has 0 atom stereocenters. The van der Waals surface area contributed by atoms with Gasteiger partial charge in [0.2, 0.25) is 0 Å². The van der Waals surface area contributed by atoms with Crippen LogP contribution >= 0.6 is 12.2 Å². The van der Waals surface area contributed by atoms with Gasteiger partial charge in [-0.2, -0.15) is 0 Å². The number of hydrogen-bond donors (Lipinski definition) is 2. The molecule has 0 saturated carbocycles. The molecular formula is C20H24N2O4S. The second-order valence-electron chi connectivity index (χ2n) is 5.59. The number of carbonyl (C=O) groups excluding carboxylic acids is 1. The Morgan fingerprint density at radius 1 is 1.00 bits per heavy atom. The molecule has 7 heteroatoms. The van der Waals surface area contributed by atoms with Gasteiger partial charge >= 0.3 is 5.97 Å². The van der Waals surface area contributed by atoms with Gasteiger partial charge in [-0.25, -0.2) is 0 Å². The Kier molecular flexibility index (Phi) is 8.38. The quantitative estimate of drug-likeness (QED) is 0.380.